The van der Waals surface area contributed by atoms with Gasteiger partial charge in [0.1, 0.15) is 17.5 Å². The molecule has 0 unspecified atom stereocenters. The van der Waals surface area contributed by atoms with Crippen molar-refractivity contribution in [2.45, 2.75) is 56.1 Å². The first-order valence-electron chi connectivity index (χ1n) is 14.9. The molecule has 0 fully saturated rings. The Morgan fingerprint density at radius 2 is 1.28 bits per heavy atom. The second-order valence-corrected chi connectivity index (χ2v) is 12.1. The molecular formula is C36H42O6S. The highest BCUT2D eigenvalue weighted by Crippen LogP contribution is 2.41. The summed E-state index contributed by atoms with van der Waals surface area (Å²) in [5.41, 5.74) is 2.56. The monoisotopic (exact) mass is 602 g/mol. The fourth-order valence-electron chi connectivity index (χ4n) is 5.03. The van der Waals surface area contributed by atoms with E-state index in [4.69, 9.17) is 18.4 Å². The maximum atomic E-state index is 13.4. The van der Waals surface area contributed by atoms with Crippen LogP contribution in [-0.4, -0.2) is 41.5 Å². The van der Waals surface area contributed by atoms with Gasteiger partial charge in [0.05, 0.1) is 25.2 Å². The molecule has 7 heteroatoms. The van der Waals surface area contributed by atoms with Gasteiger partial charge in [-0.05, 0) is 54.3 Å². The molecule has 0 amide bonds. The van der Waals surface area contributed by atoms with Crippen molar-refractivity contribution < 1.29 is 26.8 Å². The van der Waals surface area contributed by atoms with Crippen LogP contribution in [0.3, 0.4) is 0 Å². The lowest BCUT2D eigenvalue weighted by molar-refractivity contribution is -0.0536. The number of rotatable bonds is 17. The Hall–Kier alpha value is -3.49. The van der Waals surface area contributed by atoms with Crippen LogP contribution in [-0.2, 0) is 29.4 Å². The molecule has 0 N–H and O–H groups in total. The van der Waals surface area contributed by atoms with Gasteiger partial charge < -0.3 is 14.2 Å². The van der Waals surface area contributed by atoms with Crippen LogP contribution in [0.2, 0.25) is 0 Å². The number of unbranched alkanes of at least 4 members (excludes halogenated alkanes) is 3. The molecule has 1 atom stereocenters. The Kier molecular flexibility index (Phi) is 11.9. The van der Waals surface area contributed by atoms with Crippen molar-refractivity contribution in [1.82, 2.24) is 0 Å². The summed E-state index contributed by atoms with van der Waals surface area (Å²) in [6, 6.07) is 34.2. The Morgan fingerprint density at radius 1 is 0.698 bits per heavy atom. The van der Waals surface area contributed by atoms with Gasteiger partial charge in [0, 0.05) is 6.61 Å². The maximum Gasteiger partial charge on any atom is 0.297 e. The lowest BCUT2D eigenvalue weighted by Gasteiger charge is -2.37. The highest BCUT2D eigenvalue weighted by molar-refractivity contribution is 7.86. The van der Waals surface area contributed by atoms with Crippen LogP contribution in [0.4, 0.5) is 0 Å². The summed E-state index contributed by atoms with van der Waals surface area (Å²) >= 11 is 0. The van der Waals surface area contributed by atoms with Gasteiger partial charge in [-0.2, -0.15) is 8.42 Å². The van der Waals surface area contributed by atoms with Crippen LogP contribution in [0.25, 0.3) is 0 Å². The zero-order valence-electron chi connectivity index (χ0n) is 25.3. The minimum absolute atomic E-state index is 0.0458. The largest absolute Gasteiger partial charge is 0.497 e. The van der Waals surface area contributed by atoms with E-state index in [1.807, 2.05) is 91.9 Å². The third-order valence-corrected chi connectivity index (χ3v) is 8.74. The zero-order chi connectivity index (χ0) is 30.5. The summed E-state index contributed by atoms with van der Waals surface area (Å²) in [7, 11) is -2.44. The number of aryl methyl sites for hydroxylation is 1. The van der Waals surface area contributed by atoms with Gasteiger partial charge in [-0.15, -0.1) is 0 Å². The minimum atomic E-state index is -4.07. The lowest BCUT2D eigenvalue weighted by atomic mass is 9.80. The fraction of sp³-hybridized carbons (Fsp3) is 0.333. The van der Waals surface area contributed by atoms with E-state index < -0.39 is 21.8 Å². The smallest absolute Gasteiger partial charge is 0.297 e. The number of benzene rings is 4. The van der Waals surface area contributed by atoms with Crippen molar-refractivity contribution in [2.24, 2.45) is 0 Å². The van der Waals surface area contributed by atoms with Crippen LogP contribution in [0.1, 0.15) is 54.9 Å². The molecule has 0 radical (unpaired) electrons. The topological polar surface area (TPSA) is 71.1 Å². The summed E-state index contributed by atoms with van der Waals surface area (Å²) in [6.07, 6.45) is 3.33. The molecule has 0 heterocycles. The standard InChI is InChI=1S/C36H42O6S/c1-4-5-6-13-26-40-27-34(42-43(37,38)35-24-18-29(2)19-25-35)28-41-36(30-14-9-7-10-15-30,31-16-11-8-12-17-31)32-20-22-33(39-3)23-21-32/h7-12,14-25,34H,4-6,13,26-28H2,1-3H3/t34-/m0/s1. The number of ether oxygens (including phenoxy) is 3. The van der Waals surface area contributed by atoms with Crippen molar-refractivity contribution in [3.05, 3.63) is 131 Å². The predicted octanol–water partition coefficient (Wildman–Crippen LogP) is 7.68. The van der Waals surface area contributed by atoms with E-state index in [1.165, 1.54) is 0 Å². The van der Waals surface area contributed by atoms with Gasteiger partial charge in [0.25, 0.3) is 10.1 Å². The van der Waals surface area contributed by atoms with Crippen LogP contribution >= 0.6 is 0 Å². The maximum absolute atomic E-state index is 13.4. The molecule has 0 aromatic heterocycles. The molecule has 0 saturated heterocycles. The highest BCUT2D eigenvalue weighted by Gasteiger charge is 2.39. The first kappa shape index (κ1) is 32.4. The van der Waals surface area contributed by atoms with Crippen molar-refractivity contribution in [3.63, 3.8) is 0 Å². The molecule has 0 aliphatic rings. The van der Waals surface area contributed by atoms with E-state index in [0.717, 1.165) is 53.7 Å². The van der Waals surface area contributed by atoms with E-state index in [2.05, 4.69) is 6.92 Å². The number of methoxy groups -OCH3 is 1. The SMILES string of the molecule is CCCCCCOC[C@@H](COC(c1ccccc1)(c1ccccc1)c1ccc(OC)cc1)OS(=O)(=O)c1ccc(C)cc1. The van der Waals surface area contributed by atoms with Gasteiger partial charge in [0.2, 0.25) is 0 Å². The molecule has 4 rings (SSSR count). The summed E-state index contributed by atoms with van der Waals surface area (Å²) in [5, 5.41) is 0. The fourth-order valence-corrected chi connectivity index (χ4v) is 6.08. The molecular weight excluding hydrogens is 560 g/mol. The Morgan fingerprint density at radius 3 is 1.84 bits per heavy atom. The average molecular weight is 603 g/mol. The van der Waals surface area contributed by atoms with E-state index >= 15 is 0 Å². The predicted molar refractivity (Wildman–Crippen MR) is 170 cm³/mol. The van der Waals surface area contributed by atoms with Gasteiger partial charge in [0.15, 0.2) is 0 Å². The minimum Gasteiger partial charge on any atom is -0.497 e. The van der Waals surface area contributed by atoms with Crippen molar-refractivity contribution in [3.8, 4) is 5.75 Å². The Bertz CT molecular complexity index is 1430. The number of hydrogen-bond acceptors (Lipinski definition) is 6. The van der Waals surface area contributed by atoms with Crippen molar-refractivity contribution in [2.75, 3.05) is 26.9 Å². The molecule has 4 aromatic rings. The molecule has 0 saturated carbocycles. The Labute approximate surface area is 256 Å². The molecule has 0 aliphatic carbocycles. The Balaban J connectivity index is 1.70. The molecule has 0 aliphatic heterocycles. The van der Waals surface area contributed by atoms with Crippen LogP contribution in [0, 0.1) is 6.92 Å². The molecule has 4 aromatic carbocycles. The van der Waals surface area contributed by atoms with Gasteiger partial charge in [-0.3, -0.25) is 4.18 Å². The third kappa shape index (κ3) is 8.54. The zero-order valence-corrected chi connectivity index (χ0v) is 26.1. The molecule has 6 nitrogen and oxygen atoms in total. The van der Waals surface area contributed by atoms with E-state index in [0.29, 0.717) is 6.61 Å². The highest BCUT2D eigenvalue weighted by atomic mass is 32.2. The van der Waals surface area contributed by atoms with E-state index in [1.54, 1.807) is 31.4 Å². The second-order valence-electron chi connectivity index (χ2n) is 10.6. The summed E-state index contributed by atoms with van der Waals surface area (Å²) < 4.78 is 50.9. The first-order valence-corrected chi connectivity index (χ1v) is 16.3. The summed E-state index contributed by atoms with van der Waals surface area (Å²) in [4.78, 5) is 0.0959. The second kappa shape index (κ2) is 15.8. The molecule has 43 heavy (non-hydrogen) atoms. The molecule has 228 valence electrons. The summed E-state index contributed by atoms with van der Waals surface area (Å²) in [5.74, 6) is 0.723. The normalized spacial score (nSPS) is 12.6. The lowest BCUT2D eigenvalue weighted by Crippen LogP contribution is -2.38. The van der Waals surface area contributed by atoms with Crippen molar-refractivity contribution in [1.29, 1.82) is 0 Å². The molecule has 0 spiro atoms. The quantitative estimate of drug-likeness (QED) is 0.0701. The van der Waals surface area contributed by atoms with Crippen LogP contribution in [0.5, 0.6) is 5.75 Å². The van der Waals surface area contributed by atoms with Crippen LogP contribution < -0.4 is 4.74 Å². The van der Waals surface area contributed by atoms with Gasteiger partial charge >= 0.3 is 0 Å². The summed E-state index contributed by atoms with van der Waals surface area (Å²) in [6.45, 7) is 4.61. The van der Waals surface area contributed by atoms with Crippen LogP contribution in [0.15, 0.2) is 114 Å². The van der Waals surface area contributed by atoms with Gasteiger partial charge in [-0.25, -0.2) is 0 Å². The first-order chi connectivity index (χ1) is 20.9. The third-order valence-electron chi connectivity index (χ3n) is 7.36. The van der Waals surface area contributed by atoms with E-state index in [-0.39, 0.29) is 18.1 Å². The van der Waals surface area contributed by atoms with Crippen molar-refractivity contribution >= 4 is 10.1 Å². The number of hydrogen-bond donors (Lipinski definition) is 0. The average Bonchev–Trinajstić information content (AvgIpc) is 3.04. The molecule has 0 bridgehead atoms. The van der Waals surface area contributed by atoms with E-state index in [9.17, 15) is 8.42 Å². The van der Waals surface area contributed by atoms with Gasteiger partial charge in [-0.1, -0.05) is 117 Å².